The van der Waals surface area contributed by atoms with E-state index in [1.165, 1.54) is 16.9 Å². The van der Waals surface area contributed by atoms with Crippen LogP contribution in [0.25, 0.3) is 0 Å². The first-order chi connectivity index (χ1) is 11.9. The maximum absolute atomic E-state index is 6.14. The van der Waals surface area contributed by atoms with E-state index in [0.717, 1.165) is 45.8 Å². The fourth-order valence-corrected chi connectivity index (χ4v) is 4.66. The molecule has 0 radical (unpaired) electrons. The summed E-state index contributed by atoms with van der Waals surface area (Å²) in [6, 6.07) is 9.20. The Bertz CT molecular complexity index is 619. The number of thiophene rings is 1. The van der Waals surface area contributed by atoms with Crippen LogP contribution in [-0.2, 0) is 17.8 Å². The minimum Gasteiger partial charge on any atom is -0.375 e. The lowest BCUT2D eigenvalue weighted by Crippen LogP contribution is -2.50. The molecule has 2 aliphatic rings. The van der Waals surface area contributed by atoms with E-state index in [0.29, 0.717) is 12.1 Å². The minimum absolute atomic E-state index is 0.383. The van der Waals surface area contributed by atoms with Crippen LogP contribution in [0.3, 0.4) is 0 Å². The standard InChI is InChI=1S/C19H25N3OS/c1-2-17(24-13-1)15-21-9-5-18-19(6-10-21)23-12-11-22(18)14-16-3-7-20-8-4-16/h1-4,7-8,13,18-19H,5-6,9-12,14-15H2/t18-,19-/m0/s1. The van der Waals surface area contributed by atoms with Gasteiger partial charge < -0.3 is 4.74 Å². The molecule has 2 saturated heterocycles. The van der Waals surface area contributed by atoms with Gasteiger partial charge in [-0.05, 0) is 42.0 Å². The largest absolute Gasteiger partial charge is 0.375 e. The monoisotopic (exact) mass is 343 g/mol. The quantitative estimate of drug-likeness (QED) is 0.853. The van der Waals surface area contributed by atoms with Gasteiger partial charge in [-0.2, -0.15) is 0 Å². The van der Waals surface area contributed by atoms with Gasteiger partial charge in [-0.15, -0.1) is 11.3 Å². The van der Waals surface area contributed by atoms with Crippen molar-refractivity contribution in [3.8, 4) is 0 Å². The van der Waals surface area contributed by atoms with Crippen LogP contribution >= 0.6 is 11.3 Å². The maximum atomic E-state index is 6.14. The van der Waals surface area contributed by atoms with Gasteiger partial charge in [0.2, 0.25) is 0 Å². The summed E-state index contributed by atoms with van der Waals surface area (Å²) in [5, 5.41) is 2.17. The van der Waals surface area contributed by atoms with Crippen LogP contribution in [-0.4, -0.2) is 53.2 Å². The Labute approximate surface area is 148 Å². The fourth-order valence-electron chi connectivity index (χ4n) is 3.91. The molecule has 0 amide bonds. The average molecular weight is 343 g/mol. The zero-order valence-electron chi connectivity index (χ0n) is 14.0. The van der Waals surface area contributed by atoms with Gasteiger partial charge in [-0.1, -0.05) is 6.07 Å². The van der Waals surface area contributed by atoms with Crippen molar-refractivity contribution >= 4 is 11.3 Å². The Balaban J connectivity index is 1.40. The van der Waals surface area contributed by atoms with Gasteiger partial charge in [-0.3, -0.25) is 14.8 Å². The Hall–Kier alpha value is -1.27. The SMILES string of the molecule is c1csc(CN2CC[C@@H]3OCCN(Cc4ccncc4)[C@H]3CC2)c1. The molecule has 2 fully saturated rings. The average Bonchev–Trinajstić information content (AvgIpc) is 3.03. The number of hydrogen-bond donors (Lipinski definition) is 0. The van der Waals surface area contributed by atoms with Gasteiger partial charge in [0.1, 0.15) is 0 Å². The summed E-state index contributed by atoms with van der Waals surface area (Å²) in [4.78, 5) is 10.8. The summed E-state index contributed by atoms with van der Waals surface area (Å²) in [7, 11) is 0. The molecule has 0 spiro atoms. The Morgan fingerprint density at radius 2 is 1.96 bits per heavy atom. The summed E-state index contributed by atoms with van der Waals surface area (Å²) in [5.74, 6) is 0. The molecule has 2 aromatic rings. The second kappa shape index (κ2) is 7.74. The number of aromatic nitrogens is 1. The van der Waals surface area contributed by atoms with Crippen LogP contribution in [0, 0.1) is 0 Å². The van der Waals surface area contributed by atoms with E-state index in [1.54, 1.807) is 0 Å². The molecule has 0 unspecified atom stereocenters. The predicted molar refractivity (Wildman–Crippen MR) is 97.0 cm³/mol. The van der Waals surface area contributed by atoms with Gasteiger partial charge >= 0.3 is 0 Å². The third-order valence-electron chi connectivity index (χ3n) is 5.17. The highest BCUT2D eigenvalue weighted by atomic mass is 32.1. The molecule has 2 aromatic heterocycles. The topological polar surface area (TPSA) is 28.6 Å². The molecule has 5 heteroatoms. The Kier molecular flexibility index (Phi) is 5.23. The Morgan fingerprint density at radius 3 is 2.79 bits per heavy atom. The van der Waals surface area contributed by atoms with E-state index in [4.69, 9.17) is 4.74 Å². The fraction of sp³-hybridized carbons (Fsp3) is 0.526. The minimum atomic E-state index is 0.383. The van der Waals surface area contributed by atoms with Crippen molar-refractivity contribution in [2.45, 2.75) is 38.1 Å². The van der Waals surface area contributed by atoms with E-state index in [9.17, 15) is 0 Å². The molecule has 4 rings (SSSR count). The number of rotatable bonds is 4. The van der Waals surface area contributed by atoms with E-state index in [2.05, 4.69) is 44.4 Å². The molecule has 4 heterocycles. The number of fused-ring (bicyclic) bond motifs is 1. The third kappa shape index (κ3) is 3.86. The number of hydrogen-bond acceptors (Lipinski definition) is 5. The van der Waals surface area contributed by atoms with Crippen molar-refractivity contribution in [1.82, 2.24) is 14.8 Å². The molecular weight excluding hydrogens is 318 g/mol. The van der Waals surface area contributed by atoms with Gasteiger partial charge in [-0.25, -0.2) is 0 Å². The van der Waals surface area contributed by atoms with Crippen molar-refractivity contribution in [3.05, 3.63) is 52.5 Å². The van der Waals surface area contributed by atoms with Crippen molar-refractivity contribution in [2.24, 2.45) is 0 Å². The molecule has 24 heavy (non-hydrogen) atoms. The smallest absolute Gasteiger partial charge is 0.0743 e. The first-order valence-electron chi connectivity index (χ1n) is 8.88. The molecule has 0 aliphatic carbocycles. The number of ether oxygens (including phenoxy) is 1. The first-order valence-corrected chi connectivity index (χ1v) is 9.76. The summed E-state index contributed by atoms with van der Waals surface area (Å²) >= 11 is 1.86. The zero-order chi connectivity index (χ0) is 16.2. The number of pyridine rings is 1. The van der Waals surface area contributed by atoms with Crippen LogP contribution in [0.5, 0.6) is 0 Å². The lowest BCUT2D eigenvalue weighted by atomic mass is 10.0. The van der Waals surface area contributed by atoms with E-state index in [-0.39, 0.29) is 0 Å². The van der Waals surface area contributed by atoms with Crippen LogP contribution in [0.15, 0.2) is 42.0 Å². The lowest BCUT2D eigenvalue weighted by Gasteiger charge is -2.40. The van der Waals surface area contributed by atoms with Crippen molar-refractivity contribution in [1.29, 1.82) is 0 Å². The molecule has 0 bridgehead atoms. The second-order valence-corrected chi connectivity index (χ2v) is 7.77. The molecule has 0 saturated carbocycles. The molecule has 2 aliphatic heterocycles. The molecule has 2 atom stereocenters. The normalized spacial score (nSPS) is 26.0. The van der Waals surface area contributed by atoms with Gasteiger partial charge in [0.15, 0.2) is 0 Å². The summed E-state index contributed by atoms with van der Waals surface area (Å²) in [5.41, 5.74) is 1.35. The number of nitrogens with zero attached hydrogens (tertiary/aromatic N) is 3. The van der Waals surface area contributed by atoms with Crippen molar-refractivity contribution < 1.29 is 4.74 Å². The molecule has 128 valence electrons. The molecule has 0 aromatic carbocycles. The second-order valence-electron chi connectivity index (χ2n) is 6.74. The molecule has 0 N–H and O–H groups in total. The van der Waals surface area contributed by atoms with Crippen LogP contribution in [0.2, 0.25) is 0 Å². The number of likely N-dealkylation sites (tertiary alicyclic amines) is 1. The summed E-state index contributed by atoms with van der Waals surface area (Å²) < 4.78 is 6.14. The first kappa shape index (κ1) is 16.2. The van der Waals surface area contributed by atoms with E-state index >= 15 is 0 Å². The third-order valence-corrected chi connectivity index (χ3v) is 6.04. The van der Waals surface area contributed by atoms with Gasteiger partial charge in [0.25, 0.3) is 0 Å². The van der Waals surface area contributed by atoms with Gasteiger partial charge in [0, 0.05) is 56.0 Å². The highest BCUT2D eigenvalue weighted by Gasteiger charge is 2.34. The van der Waals surface area contributed by atoms with Crippen molar-refractivity contribution in [2.75, 3.05) is 26.2 Å². The highest BCUT2D eigenvalue weighted by Crippen LogP contribution is 2.26. The van der Waals surface area contributed by atoms with Crippen LogP contribution in [0.4, 0.5) is 0 Å². The van der Waals surface area contributed by atoms with Crippen LogP contribution < -0.4 is 0 Å². The Morgan fingerprint density at radius 1 is 1.08 bits per heavy atom. The lowest BCUT2D eigenvalue weighted by molar-refractivity contribution is -0.0747. The van der Waals surface area contributed by atoms with Crippen LogP contribution in [0.1, 0.15) is 23.3 Å². The predicted octanol–water partition coefficient (Wildman–Crippen LogP) is 3.01. The summed E-state index contributed by atoms with van der Waals surface area (Å²) in [6.45, 7) is 6.29. The van der Waals surface area contributed by atoms with E-state index < -0.39 is 0 Å². The van der Waals surface area contributed by atoms with Crippen molar-refractivity contribution in [3.63, 3.8) is 0 Å². The van der Waals surface area contributed by atoms with E-state index in [1.807, 2.05) is 23.7 Å². The molecule has 4 nitrogen and oxygen atoms in total. The van der Waals surface area contributed by atoms with Gasteiger partial charge in [0.05, 0.1) is 12.7 Å². The maximum Gasteiger partial charge on any atom is 0.0743 e. The zero-order valence-corrected chi connectivity index (χ0v) is 14.8. The molecular formula is C19H25N3OS. The number of morpholine rings is 1. The summed E-state index contributed by atoms with van der Waals surface area (Å²) in [6.07, 6.45) is 6.50. The highest BCUT2D eigenvalue weighted by molar-refractivity contribution is 7.09.